The molecule has 69 heavy (non-hydrogen) atoms. The number of aliphatic hydroxyl groups excluding tert-OH is 2. The Morgan fingerprint density at radius 3 is 1.01 bits per heavy atom. The Bertz CT molecular complexity index is 1230. The van der Waals surface area contributed by atoms with Crippen molar-refractivity contribution in [1.29, 1.82) is 0 Å². The molecule has 0 radical (unpaired) electrons. The highest BCUT2D eigenvalue weighted by Crippen LogP contribution is 2.17. The second-order valence-electron chi connectivity index (χ2n) is 20.4. The van der Waals surface area contributed by atoms with E-state index in [9.17, 15) is 15.0 Å². The second-order valence-corrected chi connectivity index (χ2v) is 20.4. The van der Waals surface area contributed by atoms with E-state index in [4.69, 9.17) is 0 Å². The maximum absolute atomic E-state index is 12.5. The van der Waals surface area contributed by atoms with Gasteiger partial charge in [0, 0.05) is 6.42 Å². The molecule has 400 valence electrons. The smallest absolute Gasteiger partial charge is 0.220 e. The van der Waals surface area contributed by atoms with Crippen molar-refractivity contribution in [2.45, 2.75) is 315 Å². The minimum absolute atomic E-state index is 0.0733. The fourth-order valence-electron chi connectivity index (χ4n) is 9.05. The van der Waals surface area contributed by atoms with Crippen molar-refractivity contribution in [3.63, 3.8) is 0 Å². The first kappa shape index (κ1) is 66.6. The summed E-state index contributed by atoms with van der Waals surface area (Å²) in [5, 5.41) is 23.2. The van der Waals surface area contributed by atoms with Crippen molar-refractivity contribution < 1.29 is 15.0 Å². The maximum atomic E-state index is 12.5. The Kier molecular flexibility index (Phi) is 57.8. The first-order valence-corrected chi connectivity index (χ1v) is 30.3. The van der Waals surface area contributed by atoms with Gasteiger partial charge < -0.3 is 15.5 Å². The Morgan fingerprint density at radius 2 is 0.652 bits per heavy atom. The van der Waals surface area contributed by atoms with E-state index in [-0.39, 0.29) is 12.5 Å². The molecule has 0 aliphatic carbocycles. The Labute approximate surface area is 431 Å². The molecule has 0 aliphatic rings. The van der Waals surface area contributed by atoms with Crippen LogP contribution < -0.4 is 5.32 Å². The van der Waals surface area contributed by atoms with Crippen molar-refractivity contribution in [2.24, 2.45) is 0 Å². The zero-order valence-electron chi connectivity index (χ0n) is 46.1. The van der Waals surface area contributed by atoms with Gasteiger partial charge in [-0.15, -0.1) is 0 Å². The van der Waals surface area contributed by atoms with E-state index in [0.717, 1.165) is 64.2 Å². The lowest BCUT2D eigenvalue weighted by atomic mass is 10.0. The summed E-state index contributed by atoms with van der Waals surface area (Å²) in [4.78, 5) is 12.5. The van der Waals surface area contributed by atoms with Crippen LogP contribution in [0.2, 0.25) is 0 Å². The van der Waals surface area contributed by atoms with Crippen LogP contribution in [0.5, 0.6) is 0 Å². The van der Waals surface area contributed by atoms with E-state index in [1.54, 1.807) is 6.08 Å². The van der Waals surface area contributed by atoms with E-state index < -0.39 is 12.1 Å². The molecule has 0 fully saturated rings. The van der Waals surface area contributed by atoms with Crippen molar-refractivity contribution in [1.82, 2.24) is 5.32 Å². The standard InChI is InChI=1S/C65H117NO3/c1-3-5-7-9-11-13-15-17-19-21-23-25-27-29-31-32-33-34-35-37-39-41-43-45-47-49-51-53-55-57-59-61-65(69)66-63(62-67)64(68)60-58-56-54-52-50-48-46-44-42-40-38-36-30-28-26-24-22-20-18-16-14-12-10-8-6-4-2/h5,7,11,13,17,19,23,25,29,31,50,52,58,60,63-64,67-68H,3-4,6,8-10,12,14-16,18,20-22,24,26-28,30,32-49,51,53-57,59,61-62H2,1-2H3,(H,66,69)/b7-5-,13-11-,19-17-,25-23-,31-29-,52-50+,60-58+. The van der Waals surface area contributed by atoms with Crippen LogP contribution in [0.15, 0.2) is 85.1 Å². The molecule has 0 aromatic rings. The number of hydrogen-bond donors (Lipinski definition) is 3. The zero-order valence-corrected chi connectivity index (χ0v) is 46.1. The van der Waals surface area contributed by atoms with Crippen molar-refractivity contribution in [2.75, 3.05) is 6.61 Å². The third kappa shape index (κ3) is 56.4. The monoisotopic (exact) mass is 960 g/mol. The lowest BCUT2D eigenvalue weighted by Crippen LogP contribution is -2.45. The predicted molar refractivity (Wildman–Crippen MR) is 308 cm³/mol. The van der Waals surface area contributed by atoms with Gasteiger partial charge in [0.25, 0.3) is 0 Å². The van der Waals surface area contributed by atoms with Crippen molar-refractivity contribution >= 4 is 5.91 Å². The molecule has 2 atom stereocenters. The normalized spacial score (nSPS) is 13.4. The number of amides is 1. The number of allylic oxidation sites excluding steroid dienone is 13. The third-order valence-corrected chi connectivity index (χ3v) is 13.6. The van der Waals surface area contributed by atoms with Crippen LogP contribution in [0, 0.1) is 0 Å². The number of rotatable bonds is 55. The largest absolute Gasteiger partial charge is 0.394 e. The highest BCUT2D eigenvalue weighted by atomic mass is 16.3. The zero-order chi connectivity index (χ0) is 49.9. The minimum atomic E-state index is -0.867. The molecule has 0 spiro atoms. The number of nitrogens with one attached hydrogen (secondary N) is 1. The SMILES string of the molecule is CC/C=C\C/C=C\C/C=C\C/C=C\C/C=C\CCCCCCCCCCCCCCCCCC(=O)NC(CO)C(O)/C=C/CC/C=C/CCCCCCCCCCCCCCCCCCCCCC. The average molecular weight is 961 g/mol. The molecule has 0 saturated heterocycles. The number of hydrogen-bond acceptors (Lipinski definition) is 3. The molecule has 3 N–H and O–H groups in total. The van der Waals surface area contributed by atoms with Crippen molar-refractivity contribution in [3.8, 4) is 0 Å². The number of unbranched alkanes of at least 4 members (excludes halogenated alkanes) is 36. The third-order valence-electron chi connectivity index (χ3n) is 13.6. The lowest BCUT2D eigenvalue weighted by Gasteiger charge is -2.19. The Morgan fingerprint density at radius 1 is 0.362 bits per heavy atom. The van der Waals surface area contributed by atoms with Gasteiger partial charge in [0.05, 0.1) is 18.8 Å². The van der Waals surface area contributed by atoms with Crippen LogP contribution in [0.4, 0.5) is 0 Å². The number of carbonyl (C=O) groups excluding carboxylic acids is 1. The van der Waals surface area contributed by atoms with Gasteiger partial charge in [-0.05, 0) is 77.0 Å². The molecule has 0 bridgehead atoms. The molecule has 0 heterocycles. The molecule has 0 aliphatic heterocycles. The molecule has 1 amide bonds. The summed E-state index contributed by atoms with van der Waals surface area (Å²) >= 11 is 0. The van der Waals surface area contributed by atoms with Gasteiger partial charge in [0.15, 0.2) is 0 Å². The highest BCUT2D eigenvalue weighted by Gasteiger charge is 2.18. The minimum Gasteiger partial charge on any atom is -0.394 e. The fourth-order valence-corrected chi connectivity index (χ4v) is 9.05. The summed E-state index contributed by atoms with van der Waals surface area (Å²) < 4.78 is 0. The summed E-state index contributed by atoms with van der Waals surface area (Å²) in [5.41, 5.74) is 0. The molecule has 4 nitrogen and oxygen atoms in total. The van der Waals surface area contributed by atoms with Crippen LogP contribution >= 0.6 is 0 Å². The quantitative estimate of drug-likeness (QED) is 0.0420. The molecule has 0 rings (SSSR count). The summed E-state index contributed by atoms with van der Waals surface area (Å²) in [6.07, 6.45) is 87.6. The van der Waals surface area contributed by atoms with E-state index in [2.05, 4.69) is 92.1 Å². The summed E-state index contributed by atoms with van der Waals surface area (Å²) in [7, 11) is 0. The van der Waals surface area contributed by atoms with Gasteiger partial charge >= 0.3 is 0 Å². The highest BCUT2D eigenvalue weighted by molar-refractivity contribution is 5.76. The van der Waals surface area contributed by atoms with Crippen LogP contribution in [-0.2, 0) is 4.79 Å². The van der Waals surface area contributed by atoms with Crippen LogP contribution in [0.1, 0.15) is 303 Å². The fraction of sp³-hybridized carbons (Fsp3) is 0.769. The van der Waals surface area contributed by atoms with Crippen molar-refractivity contribution in [3.05, 3.63) is 85.1 Å². The van der Waals surface area contributed by atoms with Gasteiger partial charge in [-0.25, -0.2) is 0 Å². The average Bonchev–Trinajstić information content (AvgIpc) is 3.35. The molecular formula is C65H117NO3. The lowest BCUT2D eigenvalue weighted by molar-refractivity contribution is -0.123. The maximum Gasteiger partial charge on any atom is 0.220 e. The van der Waals surface area contributed by atoms with Crippen LogP contribution in [0.25, 0.3) is 0 Å². The first-order valence-electron chi connectivity index (χ1n) is 30.3. The van der Waals surface area contributed by atoms with Gasteiger partial charge in [0.2, 0.25) is 5.91 Å². The van der Waals surface area contributed by atoms with Gasteiger partial charge in [0.1, 0.15) is 0 Å². The van der Waals surface area contributed by atoms with E-state index in [0.29, 0.717) is 6.42 Å². The number of aliphatic hydroxyl groups is 2. The van der Waals surface area contributed by atoms with Crippen LogP contribution in [-0.4, -0.2) is 34.9 Å². The van der Waals surface area contributed by atoms with Crippen LogP contribution in [0.3, 0.4) is 0 Å². The summed E-state index contributed by atoms with van der Waals surface area (Å²) in [6, 6.07) is -0.644. The molecule has 0 aromatic carbocycles. The van der Waals surface area contributed by atoms with Gasteiger partial charge in [-0.1, -0.05) is 304 Å². The second kappa shape index (κ2) is 59.9. The summed E-state index contributed by atoms with van der Waals surface area (Å²) in [6.45, 7) is 4.21. The molecule has 2 unspecified atom stereocenters. The predicted octanol–water partition coefficient (Wildman–Crippen LogP) is 20.3. The van der Waals surface area contributed by atoms with Gasteiger partial charge in [-0.3, -0.25) is 4.79 Å². The molecular weight excluding hydrogens is 843 g/mol. The van der Waals surface area contributed by atoms with E-state index in [1.165, 1.54) is 218 Å². The topological polar surface area (TPSA) is 69.6 Å². The van der Waals surface area contributed by atoms with E-state index in [1.807, 2.05) is 6.08 Å². The first-order chi connectivity index (χ1) is 34.2. The van der Waals surface area contributed by atoms with Gasteiger partial charge in [-0.2, -0.15) is 0 Å². The molecule has 0 aromatic heterocycles. The Balaban J connectivity index is 3.53. The number of carbonyl (C=O) groups is 1. The summed E-state index contributed by atoms with van der Waals surface area (Å²) in [5.74, 6) is -0.0733. The molecule has 0 saturated carbocycles. The Hall–Kier alpha value is -2.43. The van der Waals surface area contributed by atoms with E-state index >= 15 is 0 Å². The molecule has 4 heteroatoms.